The number of benzene rings is 1. The number of nitrogens with zero attached hydrogens (tertiary/aromatic N) is 2. The first-order chi connectivity index (χ1) is 11.5. The molecule has 0 fully saturated rings. The predicted molar refractivity (Wildman–Crippen MR) is 100 cm³/mol. The van der Waals surface area contributed by atoms with Gasteiger partial charge in [-0.2, -0.15) is 0 Å². The van der Waals surface area contributed by atoms with Crippen molar-refractivity contribution < 1.29 is 9.53 Å². The number of hydrogen-bond acceptors (Lipinski definition) is 6. The zero-order valence-electron chi connectivity index (χ0n) is 13.8. The van der Waals surface area contributed by atoms with Gasteiger partial charge in [-0.15, -0.1) is 10.2 Å². The molecule has 1 aromatic carbocycles. The number of hydrogen-bond donors (Lipinski definition) is 1. The molecule has 0 saturated heterocycles. The molecular formula is C16H20ClN3O2S2. The Morgan fingerprint density at radius 3 is 2.79 bits per heavy atom. The van der Waals surface area contributed by atoms with Crippen LogP contribution in [0.2, 0.25) is 5.02 Å². The highest BCUT2D eigenvalue weighted by atomic mass is 35.5. The Morgan fingerprint density at radius 2 is 2.12 bits per heavy atom. The molecule has 8 heteroatoms. The smallest absolute Gasteiger partial charge is 0.267 e. The normalized spacial score (nSPS) is 12.2. The van der Waals surface area contributed by atoms with Crippen LogP contribution in [0.15, 0.2) is 28.6 Å². The van der Waals surface area contributed by atoms with Crippen molar-refractivity contribution in [2.75, 3.05) is 11.1 Å². The molecule has 5 nitrogen and oxygen atoms in total. The van der Waals surface area contributed by atoms with Crippen molar-refractivity contribution in [3.63, 3.8) is 0 Å². The molecule has 24 heavy (non-hydrogen) atoms. The fourth-order valence-electron chi connectivity index (χ4n) is 1.76. The second-order valence-corrected chi connectivity index (χ2v) is 8.16. The summed E-state index contributed by atoms with van der Waals surface area (Å²) in [5, 5.41) is 11.8. The minimum atomic E-state index is -0.638. The number of aromatic nitrogens is 2. The summed E-state index contributed by atoms with van der Waals surface area (Å²) in [5.74, 6) is 1.78. The lowest BCUT2D eigenvalue weighted by molar-refractivity contribution is -0.122. The van der Waals surface area contributed by atoms with Crippen LogP contribution in [0, 0.1) is 5.92 Å². The lowest BCUT2D eigenvalue weighted by atomic mass is 10.2. The van der Waals surface area contributed by atoms with Crippen molar-refractivity contribution in [2.24, 2.45) is 5.92 Å². The van der Waals surface area contributed by atoms with Crippen molar-refractivity contribution >= 4 is 45.7 Å². The number of nitrogens with one attached hydrogen (secondary N) is 1. The van der Waals surface area contributed by atoms with Crippen molar-refractivity contribution in [3.8, 4) is 5.75 Å². The molecule has 1 heterocycles. The topological polar surface area (TPSA) is 64.1 Å². The van der Waals surface area contributed by atoms with Crippen LogP contribution in [-0.4, -0.2) is 28.0 Å². The minimum absolute atomic E-state index is 0.256. The second kappa shape index (κ2) is 9.25. The number of para-hydroxylation sites is 1. The van der Waals surface area contributed by atoms with E-state index in [9.17, 15) is 4.79 Å². The SMILES string of the molecule is CC[C@H](Oc1ccccc1Cl)C(=O)Nc1nnc(SCC(C)C)s1. The molecule has 0 unspecified atom stereocenters. The Bertz CT molecular complexity index is 679. The van der Waals surface area contributed by atoms with Gasteiger partial charge in [-0.05, 0) is 24.5 Å². The Labute approximate surface area is 155 Å². The van der Waals surface area contributed by atoms with E-state index in [0.29, 0.717) is 28.2 Å². The summed E-state index contributed by atoms with van der Waals surface area (Å²) in [6.45, 7) is 6.17. The molecule has 130 valence electrons. The van der Waals surface area contributed by atoms with E-state index in [0.717, 1.165) is 10.1 Å². The van der Waals surface area contributed by atoms with Gasteiger partial charge in [0.2, 0.25) is 5.13 Å². The molecule has 0 bridgehead atoms. The van der Waals surface area contributed by atoms with Crippen LogP contribution < -0.4 is 10.1 Å². The zero-order valence-corrected chi connectivity index (χ0v) is 16.2. The van der Waals surface area contributed by atoms with Crippen LogP contribution in [-0.2, 0) is 4.79 Å². The number of carbonyl (C=O) groups is 1. The summed E-state index contributed by atoms with van der Waals surface area (Å²) in [6, 6.07) is 7.09. The molecule has 1 aromatic heterocycles. The molecule has 1 amide bonds. The number of rotatable bonds is 8. The van der Waals surface area contributed by atoms with Gasteiger partial charge in [0, 0.05) is 5.75 Å². The first kappa shape index (κ1) is 19.0. The van der Waals surface area contributed by atoms with Gasteiger partial charge in [0.1, 0.15) is 5.75 Å². The first-order valence-corrected chi connectivity index (χ1v) is 9.86. The third kappa shape index (κ3) is 5.65. The largest absolute Gasteiger partial charge is 0.479 e. The van der Waals surface area contributed by atoms with Crippen LogP contribution in [0.25, 0.3) is 0 Å². The highest BCUT2D eigenvalue weighted by molar-refractivity contribution is 8.01. The number of halogens is 1. The lowest BCUT2D eigenvalue weighted by Gasteiger charge is -2.17. The summed E-state index contributed by atoms with van der Waals surface area (Å²) in [6.07, 6.45) is -0.120. The highest BCUT2D eigenvalue weighted by Gasteiger charge is 2.21. The second-order valence-electron chi connectivity index (χ2n) is 5.51. The van der Waals surface area contributed by atoms with E-state index in [1.165, 1.54) is 11.3 Å². The minimum Gasteiger partial charge on any atom is -0.479 e. The molecule has 0 saturated carbocycles. The molecule has 1 atom stereocenters. The summed E-state index contributed by atoms with van der Waals surface area (Å²) in [7, 11) is 0. The molecule has 2 rings (SSSR count). The van der Waals surface area contributed by atoms with Gasteiger partial charge in [0.05, 0.1) is 5.02 Å². The van der Waals surface area contributed by atoms with Crippen LogP contribution in [0.1, 0.15) is 27.2 Å². The van der Waals surface area contributed by atoms with Crippen LogP contribution >= 0.6 is 34.7 Å². The van der Waals surface area contributed by atoms with E-state index < -0.39 is 6.10 Å². The van der Waals surface area contributed by atoms with Crippen LogP contribution in [0.3, 0.4) is 0 Å². The molecule has 0 aliphatic rings. The van der Waals surface area contributed by atoms with E-state index >= 15 is 0 Å². The molecular weight excluding hydrogens is 366 g/mol. The molecule has 0 radical (unpaired) electrons. The number of thioether (sulfide) groups is 1. The Hall–Kier alpha value is -1.31. The standard InChI is InChI=1S/C16H20ClN3O2S2/c1-4-12(22-13-8-6-5-7-11(13)17)14(21)18-15-19-20-16(24-15)23-9-10(2)3/h5-8,10,12H,4,9H2,1-3H3,(H,18,19,21)/t12-/m0/s1. The van der Waals surface area contributed by atoms with Gasteiger partial charge in [0.15, 0.2) is 10.4 Å². The maximum atomic E-state index is 12.4. The van der Waals surface area contributed by atoms with Crippen molar-refractivity contribution in [1.29, 1.82) is 0 Å². The monoisotopic (exact) mass is 385 g/mol. The number of amides is 1. The van der Waals surface area contributed by atoms with E-state index in [1.54, 1.807) is 23.9 Å². The summed E-state index contributed by atoms with van der Waals surface area (Å²) in [4.78, 5) is 12.4. The van der Waals surface area contributed by atoms with E-state index in [-0.39, 0.29) is 5.91 Å². The van der Waals surface area contributed by atoms with E-state index in [2.05, 4.69) is 29.4 Å². The van der Waals surface area contributed by atoms with Crippen molar-refractivity contribution in [3.05, 3.63) is 29.3 Å². The number of anilines is 1. The fraction of sp³-hybridized carbons (Fsp3) is 0.438. The lowest BCUT2D eigenvalue weighted by Crippen LogP contribution is -2.32. The van der Waals surface area contributed by atoms with Crippen LogP contribution in [0.4, 0.5) is 5.13 Å². The maximum absolute atomic E-state index is 12.4. The van der Waals surface area contributed by atoms with Gasteiger partial charge in [-0.25, -0.2) is 0 Å². The number of carbonyl (C=O) groups excluding carboxylic acids is 1. The molecule has 2 aromatic rings. The Kier molecular flexibility index (Phi) is 7.33. The fourth-order valence-corrected chi connectivity index (χ4v) is 3.67. The average Bonchev–Trinajstić information content (AvgIpc) is 2.99. The van der Waals surface area contributed by atoms with E-state index in [4.69, 9.17) is 16.3 Å². The summed E-state index contributed by atoms with van der Waals surface area (Å²) in [5.41, 5.74) is 0. The Morgan fingerprint density at radius 1 is 1.38 bits per heavy atom. The maximum Gasteiger partial charge on any atom is 0.267 e. The van der Waals surface area contributed by atoms with Gasteiger partial charge >= 0.3 is 0 Å². The van der Waals surface area contributed by atoms with Crippen molar-refractivity contribution in [2.45, 2.75) is 37.6 Å². The van der Waals surface area contributed by atoms with Gasteiger partial charge in [-0.3, -0.25) is 10.1 Å². The quantitative estimate of drug-likeness (QED) is 0.525. The Balaban J connectivity index is 1.95. The predicted octanol–water partition coefficient (Wildman–Crippen LogP) is 4.74. The third-order valence-corrected chi connectivity index (χ3v) is 5.66. The molecule has 0 aliphatic carbocycles. The first-order valence-electron chi connectivity index (χ1n) is 7.68. The van der Waals surface area contributed by atoms with Crippen molar-refractivity contribution in [1.82, 2.24) is 10.2 Å². The molecule has 0 aliphatic heterocycles. The average molecular weight is 386 g/mol. The summed E-state index contributed by atoms with van der Waals surface area (Å²) >= 11 is 9.08. The summed E-state index contributed by atoms with van der Waals surface area (Å²) < 4.78 is 6.57. The third-order valence-electron chi connectivity index (χ3n) is 2.95. The van der Waals surface area contributed by atoms with Gasteiger partial charge in [0.25, 0.3) is 5.91 Å². The number of ether oxygens (including phenoxy) is 1. The van der Waals surface area contributed by atoms with Gasteiger partial charge < -0.3 is 4.74 Å². The van der Waals surface area contributed by atoms with E-state index in [1.807, 2.05) is 19.1 Å². The molecule has 1 N–H and O–H groups in total. The van der Waals surface area contributed by atoms with Crippen LogP contribution in [0.5, 0.6) is 5.75 Å². The molecule has 0 spiro atoms. The zero-order chi connectivity index (χ0) is 17.5. The highest BCUT2D eigenvalue weighted by Crippen LogP contribution is 2.28. The van der Waals surface area contributed by atoms with Gasteiger partial charge in [-0.1, -0.05) is 67.6 Å².